The van der Waals surface area contributed by atoms with E-state index < -0.39 is 0 Å². The van der Waals surface area contributed by atoms with Gasteiger partial charge in [0.25, 0.3) is 5.91 Å². The molecule has 0 atom stereocenters. The van der Waals surface area contributed by atoms with Crippen molar-refractivity contribution in [2.45, 2.75) is 6.54 Å². The van der Waals surface area contributed by atoms with Gasteiger partial charge in [0, 0.05) is 36.1 Å². The van der Waals surface area contributed by atoms with Crippen LogP contribution in [0.25, 0.3) is 22.2 Å². The fraction of sp³-hybridized carbons (Fsp3) is 0.0500. The number of fused-ring (bicyclic) bond motifs is 1. The fourth-order valence-corrected chi connectivity index (χ4v) is 2.62. The molecule has 0 bridgehead atoms. The molecular weight excluding hydrogens is 314 g/mol. The highest BCUT2D eigenvalue weighted by Crippen LogP contribution is 2.19. The summed E-state index contributed by atoms with van der Waals surface area (Å²) in [4.78, 5) is 20.8. The van der Waals surface area contributed by atoms with Gasteiger partial charge in [-0.3, -0.25) is 14.8 Å². The largest absolute Gasteiger partial charge is 0.451 e. The third-order valence-electron chi connectivity index (χ3n) is 3.88. The summed E-state index contributed by atoms with van der Waals surface area (Å²) in [5.41, 5.74) is 3.42. The number of nitrogens with one attached hydrogen (secondary N) is 1. The van der Waals surface area contributed by atoms with Crippen LogP contribution in [0.3, 0.4) is 0 Å². The molecular formula is C20H15N3O2. The number of para-hydroxylation sites is 1. The van der Waals surface area contributed by atoms with Gasteiger partial charge in [-0.2, -0.15) is 0 Å². The number of rotatable bonds is 4. The highest BCUT2D eigenvalue weighted by atomic mass is 16.3. The summed E-state index contributed by atoms with van der Waals surface area (Å²) in [6.45, 7) is 0.395. The van der Waals surface area contributed by atoms with E-state index in [0.717, 1.165) is 22.2 Å². The Morgan fingerprint density at radius 2 is 1.96 bits per heavy atom. The van der Waals surface area contributed by atoms with Crippen molar-refractivity contribution in [1.29, 1.82) is 0 Å². The van der Waals surface area contributed by atoms with Crippen LogP contribution in [0.5, 0.6) is 0 Å². The maximum absolute atomic E-state index is 12.3. The number of aromatic nitrogens is 2. The highest BCUT2D eigenvalue weighted by molar-refractivity contribution is 5.96. The lowest BCUT2D eigenvalue weighted by atomic mass is 10.1. The number of pyridine rings is 2. The van der Waals surface area contributed by atoms with E-state index in [0.29, 0.717) is 17.9 Å². The topological polar surface area (TPSA) is 68.0 Å². The third-order valence-corrected chi connectivity index (χ3v) is 3.88. The second-order valence-corrected chi connectivity index (χ2v) is 5.62. The highest BCUT2D eigenvalue weighted by Gasteiger charge is 2.11. The van der Waals surface area contributed by atoms with Crippen molar-refractivity contribution >= 4 is 16.9 Å². The Morgan fingerprint density at radius 3 is 2.80 bits per heavy atom. The molecule has 0 aliphatic carbocycles. The smallest absolute Gasteiger partial charge is 0.287 e. The minimum Gasteiger partial charge on any atom is -0.451 e. The summed E-state index contributed by atoms with van der Waals surface area (Å²) in [6, 6.07) is 16.9. The molecule has 1 amide bonds. The number of benzene rings is 1. The first kappa shape index (κ1) is 15.1. The summed E-state index contributed by atoms with van der Waals surface area (Å²) in [7, 11) is 0. The summed E-state index contributed by atoms with van der Waals surface area (Å²) >= 11 is 0. The quantitative estimate of drug-likeness (QED) is 0.618. The van der Waals surface area contributed by atoms with Gasteiger partial charge in [-0.25, -0.2) is 0 Å². The molecule has 3 aromatic heterocycles. The van der Waals surface area contributed by atoms with Gasteiger partial charge < -0.3 is 9.73 Å². The van der Waals surface area contributed by atoms with E-state index in [1.54, 1.807) is 24.7 Å². The number of hydrogen-bond acceptors (Lipinski definition) is 4. The zero-order valence-electron chi connectivity index (χ0n) is 13.3. The molecule has 4 aromatic rings. The zero-order valence-corrected chi connectivity index (χ0v) is 13.3. The zero-order chi connectivity index (χ0) is 17.1. The molecule has 1 N–H and O–H groups in total. The van der Waals surface area contributed by atoms with Crippen LogP contribution in [0.2, 0.25) is 0 Å². The lowest BCUT2D eigenvalue weighted by molar-refractivity contribution is 0.0925. The minimum atomic E-state index is -0.240. The van der Waals surface area contributed by atoms with E-state index in [2.05, 4.69) is 15.3 Å². The molecule has 4 rings (SSSR count). The maximum atomic E-state index is 12.3. The van der Waals surface area contributed by atoms with Gasteiger partial charge in [0.15, 0.2) is 5.76 Å². The van der Waals surface area contributed by atoms with E-state index in [4.69, 9.17) is 4.42 Å². The number of furan rings is 1. The molecule has 1 aromatic carbocycles. The Labute approximate surface area is 144 Å². The second-order valence-electron chi connectivity index (χ2n) is 5.62. The number of carbonyl (C=O) groups is 1. The van der Waals surface area contributed by atoms with Crippen LogP contribution in [0.15, 0.2) is 77.6 Å². The standard InChI is InChI=1S/C20H15N3O2/c24-20(19-11-15-4-1-2-6-18(15)25-19)23-12-14-7-9-22-17(10-14)16-5-3-8-21-13-16/h1-11,13H,12H2,(H,23,24). The van der Waals surface area contributed by atoms with Gasteiger partial charge in [-0.05, 0) is 42.0 Å². The van der Waals surface area contributed by atoms with Crippen LogP contribution in [0.1, 0.15) is 16.1 Å². The van der Waals surface area contributed by atoms with Crippen molar-refractivity contribution in [2.24, 2.45) is 0 Å². The van der Waals surface area contributed by atoms with Gasteiger partial charge >= 0.3 is 0 Å². The molecule has 0 aliphatic heterocycles. The summed E-state index contributed by atoms with van der Waals surface area (Å²) in [5, 5.41) is 3.79. The second kappa shape index (κ2) is 6.57. The summed E-state index contributed by atoms with van der Waals surface area (Å²) in [5.74, 6) is 0.0682. The number of amides is 1. The molecule has 0 spiro atoms. The van der Waals surface area contributed by atoms with E-state index in [-0.39, 0.29) is 5.91 Å². The Bertz CT molecular complexity index is 992. The van der Waals surface area contributed by atoms with Crippen LogP contribution < -0.4 is 5.32 Å². The van der Waals surface area contributed by atoms with Gasteiger partial charge in [0.05, 0.1) is 5.69 Å². The van der Waals surface area contributed by atoms with Gasteiger partial charge in [-0.1, -0.05) is 18.2 Å². The molecule has 0 unspecified atom stereocenters. The minimum absolute atomic E-state index is 0.240. The normalized spacial score (nSPS) is 10.7. The number of nitrogens with zero attached hydrogens (tertiary/aromatic N) is 2. The predicted molar refractivity (Wildman–Crippen MR) is 94.9 cm³/mol. The van der Waals surface area contributed by atoms with Crippen molar-refractivity contribution in [2.75, 3.05) is 0 Å². The van der Waals surface area contributed by atoms with Crippen LogP contribution in [0.4, 0.5) is 0 Å². The van der Waals surface area contributed by atoms with Gasteiger partial charge in [-0.15, -0.1) is 0 Å². The van der Waals surface area contributed by atoms with Crippen LogP contribution in [-0.2, 0) is 6.54 Å². The average Bonchev–Trinajstić information content (AvgIpc) is 3.11. The Balaban J connectivity index is 1.48. The van der Waals surface area contributed by atoms with E-state index >= 15 is 0 Å². The lowest BCUT2D eigenvalue weighted by Crippen LogP contribution is -2.22. The fourth-order valence-electron chi connectivity index (χ4n) is 2.62. The monoisotopic (exact) mass is 329 g/mol. The predicted octanol–water partition coefficient (Wildman–Crippen LogP) is 3.82. The van der Waals surface area contributed by atoms with Crippen molar-refractivity contribution < 1.29 is 9.21 Å². The van der Waals surface area contributed by atoms with E-state index in [1.165, 1.54) is 0 Å². The molecule has 5 heteroatoms. The Kier molecular flexibility index (Phi) is 3.96. The third kappa shape index (κ3) is 3.26. The Hall–Kier alpha value is -3.47. The molecule has 3 heterocycles. The summed E-state index contributed by atoms with van der Waals surface area (Å²) < 4.78 is 5.58. The molecule has 122 valence electrons. The van der Waals surface area contributed by atoms with Crippen molar-refractivity contribution in [1.82, 2.24) is 15.3 Å². The molecule has 0 fully saturated rings. The SMILES string of the molecule is O=C(NCc1ccnc(-c2cccnc2)c1)c1cc2ccccc2o1. The van der Waals surface area contributed by atoms with Crippen LogP contribution in [0, 0.1) is 0 Å². The molecule has 0 saturated heterocycles. The van der Waals surface area contributed by atoms with E-state index in [9.17, 15) is 4.79 Å². The molecule has 0 aliphatic rings. The average molecular weight is 329 g/mol. The first-order valence-corrected chi connectivity index (χ1v) is 7.92. The van der Waals surface area contributed by atoms with Crippen LogP contribution in [-0.4, -0.2) is 15.9 Å². The molecule has 0 saturated carbocycles. The lowest BCUT2D eigenvalue weighted by Gasteiger charge is -2.06. The molecule has 25 heavy (non-hydrogen) atoms. The van der Waals surface area contributed by atoms with Crippen molar-refractivity contribution in [3.05, 3.63) is 84.5 Å². The molecule has 5 nitrogen and oxygen atoms in total. The first-order chi connectivity index (χ1) is 12.3. The molecule has 0 radical (unpaired) electrons. The number of hydrogen-bond donors (Lipinski definition) is 1. The van der Waals surface area contributed by atoms with E-state index in [1.807, 2.05) is 48.5 Å². The van der Waals surface area contributed by atoms with Crippen molar-refractivity contribution in [3.63, 3.8) is 0 Å². The Morgan fingerprint density at radius 1 is 1.04 bits per heavy atom. The van der Waals surface area contributed by atoms with Gasteiger partial charge in [0.1, 0.15) is 5.58 Å². The van der Waals surface area contributed by atoms with Crippen molar-refractivity contribution in [3.8, 4) is 11.3 Å². The van der Waals surface area contributed by atoms with Crippen LogP contribution >= 0.6 is 0 Å². The van der Waals surface area contributed by atoms with Gasteiger partial charge in [0.2, 0.25) is 0 Å². The first-order valence-electron chi connectivity index (χ1n) is 7.92. The summed E-state index contributed by atoms with van der Waals surface area (Å²) in [6.07, 6.45) is 5.21. The number of carbonyl (C=O) groups excluding carboxylic acids is 1. The maximum Gasteiger partial charge on any atom is 0.287 e.